The molecule has 6 N–H and O–H groups in total. The maximum absolute atomic E-state index is 13.4. The first-order valence-electron chi connectivity index (χ1n) is 14.5. The third kappa shape index (κ3) is 4.99. The molecule has 0 aliphatic rings. The van der Waals surface area contributed by atoms with Crippen LogP contribution < -0.4 is 0 Å². The molecule has 0 unspecified atom stereocenters. The zero-order chi connectivity index (χ0) is 32.9. The number of ketones is 2. The van der Waals surface area contributed by atoms with Crippen LogP contribution in [0.5, 0.6) is 34.5 Å². The van der Waals surface area contributed by atoms with Gasteiger partial charge < -0.3 is 30.6 Å². The number of aromatic hydroxyl groups is 6. The number of hydrogen-bond donors (Lipinski definition) is 6. The largest absolute Gasteiger partial charge is 0.507 e. The molecule has 0 amide bonds. The van der Waals surface area contributed by atoms with Crippen molar-refractivity contribution < 1.29 is 40.2 Å². The molecule has 0 spiro atoms. The third-order valence-electron chi connectivity index (χ3n) is 8.36. The highest BCUT2D eigenvalue weighted by atomic mass is 16.3. The lowest BCUT2D eigenvalue weighted by Crippen LogP contribution is -2.06. The number of phenols is 6. The topological polar surface area (TPSA) is 156 Å². The minimum Gasteiger partial charge on any atom is -0.507 e. The lowest BCUT2D eigenvalue weighted by Gasteiger charge is -2.20. The third-order valence-corrected chi connectivity index (χ3v) is 8.36. The van der Waals surface area contributed by atoms with Crippen molar-refractivity contribution in [2.24, 2.45) is 0 Å². The predicted octanol–water partition coefficient (Wildman–Crippen LogP) is 7.36. The van der Waals surface area contributed by atoms with Gasteiger partial charge in [0.05, 0.1) is 11.1 Å². The number of carbonyl (C=O) groups is 2. The van der Waals surface area contributed by atoms with E-state index in [0.29, 0.717) is 22.3 Å². The molecule has 0 atom stereocenters. The van der Waals surface area contributed by atoms with E-state index in [1.165, 1.54) is 0 Å². The normalized spacial score (nSPS) is 11.3. The molecule has 0 aliphatic carbocycles. The van der Waals surface area contributed by atoms with E-state index in [9.17, 15) is 40.2 Å². The van der Waals surface area contributed by atoms with Crippen molar-refractivity contribution in [2.75, 3.05) is 0 Å². The van der Waals surface area contributed by atoms with Crippen molar-refractivity contribution in [3.05, 3.63) is 118 Å². The Kier molecular flexibility index (Phi) is 7.49. The van der Waals surface area contributed by atoms with E-state index in [-0.39, 0.29) is 68.1 Å². The molecule has 6 rings (SSSR count). The fourth-order valence-electron chi connectivity index (χ4n) is 6.19. The lowest BCUT2D eigenvalue weighted by atomic mass is 9.86. The number of carbonyl (C=O) groups excluding carboxylic acids is 2. The summed E-state index contributed by atoms with van der Waals surface area (Å²) in [5, 5.41) is 66.7. The Balaban J connectivity index is 1.54. The summed E-state index contributed by atoms with van der Waals surface area (Å²) in [6.45, 7) is 3.33. The molecular formula is C38H30O8. The monoisotopic (exact) mass is 614 g/mol. The molecule has 8 nitrogen and oxygen atoms in total. The van der Waals surface area contributed by atoms with Crippen LogP contribution in [0.25, 0.3) is 32.7 Å². The van der Waals surface area contributed by atoms with Crippen molar-refractivity contribution in [1.82, 2.24) is 0 Å². The van der Waals surface area contributed by atoms with Gasteiger partial charge in [0.1, 0.15) is 11.5 Å². The van der Waals surface area contributed by atoms with Gasteiger partial charge in [-0.2, -0.15) is 0 Å². The molecule has 0 radical (unpaired) electrons. The first-order chi connectivity index (χ1) is 22.0. The quantitative estimate of drug-likeness (QED) is 0.0805. The Hall–Kier alpha value is -6.02. The first-order valence-corrected chi connectivity index (χ1v) is 14.5. The van der Waals surface area contributed by atoms with E-state index >= 15 is 0 Å². The van der Waals surface area contributed by atoms with Crippen LogP contribution in [0, 0.1) is 13.8 Å². The van der Waals surface area contributed by atoms with Crippen LogP contribution >= 0.6 is 0 Å². The van der Waals surface area contributed by atoms with Gasteiger partial charge in [0, 0.05) is 45.5 Å². The Bertz CT molecular complexity index is 2040. The van der Waals surface area contributed by atoms with Gasteiger partial charge in [-0.1, -0.05) is 60.7 Å². The maximum atomic E-state index is 13.4. The van der Waals surface area contributed by atoms with E-state index in [0.717, 1.165) is 12.1 Å². The summed E-state index contributed by atoms with van der Waals surface area (Å²) in [5.74, 6) is -4.07. The molecule has 46 heavy (non-hydrogen) atoms. The van der Waals surface area contributed by atoms with Crippen LogP contribution in [-0.4, -0.2) is 42.2 Å². The molecule has 8 heteroatoms. The highest BCUT2D eigenvalue weighted by molar-refractivity contribution is 6.17. The Morgan fingerprint density at radius 3 is 1.17 bits per heavy atom. The number of aryl methyl sites for hydroxylation is 2. The average Bonchev–Trinajstić information content (AvgIpc) is 3.02. The second kappa shape index (κ2) is 11.5. The molecule has 0 bridgehead atoms. The van der Waals surface area contributed by atoms with Gasteiger partial charge in [-0.05, 0) is 60.4 Å². The van der Waals surface area contributed by atoms with Gasteiger partial charge in [0.25, 0.3) is 0 Å². The number of rotatable bonds is 7. The van der Waals surface area contributed by atoms with Crippen LogP contribution in [0.4, 0.5) is 0 Å². The molecule has 0 aromatic heterocycles. The summed E-state index contributed by atoms with van der Waals surface area (Å²) in [7, 11) is 0. The lowest BCUT2D eigenvalue weighted by molar-refractivity contribution is 0.0983. The fraction of sp³-hybridized carbons (Fsp3) is 0.105. The smallest absolute Gasteiger partial charge is 0.171 e. The predicted molar refractivity (Wildman–Crippen MR) is 175 cm³/mol. The molecule has 6 aromatic rings. The number of fused-ring (bicyclic) bond motifs is 2. The van der Waals surface area contributed by atoms with Crippen molar-refractivity contribution in [1.29, 1.82) is 0 Å². The van der Waals surface area contributed by atoms with Crippen molar-refractivity contribution in [2.45, 2.75) is 26.7 Å². The van der Waals surface area contributed by atoms with Gasteiger partial charge in [0.15, 0.2) is 34.6 Å². The first kappa shape index (κ1) is 30.0. The van der Waals surface area contributed by atoms with Crippen LogP contribution in [0.2, 0.25) is 0 Å². The Morgan fingerprint density at radius 1 is 0.478 bits per heavy atom. The molecule has 230 valence electrons. The average molecular weight is 615 g/mol. The van der Waals surface area contributed by atoms with Crippen LogP contribution in [0.15, 0.2) is 84.9 Å². The Morgan fingerprint density at radius 2 is 0.826 bits per heavy atom. The molecular weight excluding hydrogens is 584 g/mol. The molecule has 0 heterocycles. The minimum absolute atomic E-state index is 0.0548. The highest BCUT2D eigenvalue weighted by Crippen LogP contribution is 2.51. The summed E-state index contributed by atoms with van der Waals surface area (Å²) in [5.41, 5.74) is 2.34. The van der Waals surface area contributed by atoms with Gasteiger partial charge in [-0.25, -0.2) is 0 Å². The number of hydrogen-bond acceptors (Lipinski definition) is 8. The van der Waals surface area contributed by atoms with Crippen LogP contribution in [-0.2, 0) is 12.8 Å². The Labute approximate surface area is 263 Å². The summed E-state index contributed by atoms with van der Waals surface area (Å²) in [4.78, 5) is 26.9. The second-order valence-corrected chi connectivity index (χ2v) is 11.4. The zero-order valence-electron chi connectivity index (χ0n) is 25.0. The van der Waals surface area contributed by atoms with Crippen molar-refractivity contribution in [3.8, 4) is 45.6 Å². The van der Waals surface area contributed by atoms with Gasteiger partial charge >= 0.3 is 0 Å². The highest BCUT2D eigenvalue weighted by Gasteiger charge is 2.28. The van der Waals surface area contributed by atoms with Crippen LogP contribution in [0.1, 0.15) is 43.0 Å². The fourth-order valence-corrected chi connectivity index (χ4v) is 6.19. The standard InChI is InChI=1S/C38H30O8/c1-19-13-23-25(17-29(41)37(45)33(23)27(39)15-21-9-5-3-6-10-21)35(43)31(19)32-20(2)14-24-26(36(32)44)18-30(42)38(46)34(24)28(40)16-22-11-7-4-8-12-22/h3-14,17-18,41-46H,15-16H2,1-2H3. The van der Waals surface area contributed by atoms with E-state index < -0.39 is 34.6 Å². The summed E-state index contributed by atoms with van der Waals surface area (Å²) in [6.07, 6.45) is -0.110. The maximum Gasteiger partial charge on any atom is 0.171 e. The van der Waals surface area contributed by atoms with E-state index in [1.807, 2.05) is 12.1 Å². The molecule has 0 aliphatic heterocycles. The van der Waals surface area contributed by atoms with Gasteiger partial charge in [-0.15, -0.1) is 0 Å². The van der Waals surface area contributed by atoms with E-state index in [1.54, 1.807) is 74.5 Å². The number of phenolic OH excluding ortho intramolecular Hbond substituents is 6. The van der Waals surface area contributed by atoms with E-state index in [4.69, 9.17) is 0 Å². The van der Waals surface area contributed by atoms with Crippen molar-refractivity contribution in [3.63, 3.8) is 0 Å². The van der Waals surface area contributed by atoms with E-state index in [2.05, 4.69) is 0 Å². The van der Waals surface area contributed by atoms with Gasteiger partial charge in [0.2, 0.25) is 0 Å². The summed E-state index contributed by atoms with van der Waals surface area (Å²) < 4.78 is 0. The van der Waals surface area contributed by atoms with Crippen molar-refractivity contribution >= 4 is 33.1 Å². The molecule has 0 fully saturated rings. The molecule has 0 saturated carbocycles. The number of Topliss-reactive ketones (excluding diaryl/α,β-unsaturated/α-hetero) is 2. The summed E-state index contributed by atoms with van der Waals surface area (Å²) in [6, 6.07) is 23.3. The molecule has 0 saturated heterocycles. The van der Waals surface area contributed by atoms with Crippen LogP contribution in [0.3, 0.4) is 0 Å². The summed E-state index contributed by atoms with van der Waals surface area (Å²) >= 11 is 0. The zero-order valence-corrected chi connectivity index (χ0v) is 25.0. The number of benzene rings is 6. The molecule has 6 aromatic carbocycles. The van der Waals surface area contributed by atoms with Gasteiger partial charge in [-0.3, -0.25) is 9.59 Å². The SMILES string of the molecule is Cc1cc2c(C(=O)Cc3ccccc3)c(O)c(O)cc2c(O)c1-c1c(C)cc2c(C(=O)Cc3ccccc3)c(O)c(O)cc2c1O. The minimum atomic E-state index is -0.604. The second-order valence-electron chi connectivity index (χ2n) is 11.4.